The van der Waals surface area contributed by atoms with E-state index in [1.165, 1.54) is 22.3 Å². The van der Waals surface area contributed by atoms with Crippen molar-refractivity contribution < 1.29 is 4.74 Å². The van der Waals surface area contributed by atoms with Crippen LogP contribution in [0.1, 0.15) is 60.3 Å². The number of hydrogen-bond acceptors (Lipinski definition) is 5. The molecule has 0 amide bonds. The quantitative estimate of drug-likeness (QED) is 0.163. The fourth-order valence-electron chi connectivity index (χ4n) is 9.88. The molecule has 2 unspecified atom stereocenters. The predicted octanol–water partition coefficient (Wildman–Crippen LogP) is 13.0. The second-order valence-electron chi connectivity index (χ2n) is 16.5. The standard InChI is InChI=1S/C54H42N4O/c1-34-33-55-31-29-38(34)39-19-7-8-20-40(39)43-23-15-26-46-49(43)59-48-28-27-37(32-47(48)54(46)44-24-11-9-21-41(44)42-22-10-12-25-45(42)54)51-56-50(36-17-5-4-6-18-36)57-52(58-51)53(3)30-14-13-16-35(53)2/h4-15,17-29,31-33,35H,16,30H2,1-3H3. The highest BCUT2D eigenvalue weighted by Crippen LogP contribution is 2.63. The lowest BCUT2D eigenvalue weighted by atomic mass is 9.65. The second-order valence-corrected chi connectivity index (χ2v) is 16.5. The van der Waals surface area contributed by atoms with E-state index in [0.29, 0.717) is 17.6 Å². The van der Waals surface area contributed by atoms with E-state index < -0.39 is 5.41 Å². The lowest BCUT2D eigenvalue weighted by molar-refractivity contribution is 0.289. The molecule has 0 bridgehead atoms. The monoisotopic (exact) mass is 762 g/mol. The zero-order valence-electron chi connectivity index (χ0n) is 33.4. The molecular formula is C54H42N4O. The molecule has 2 atom stereocenters. The molecule has 8 aromatic rings. The molecule has 1 aliphatic heterocycles. The van der Waals surface area contributed by atoms with Gasteiger partial charge in [-0.1, -0.05) is 147 Å². The second kappa shape index (κ2) is 13.6. The van der Waals surface area contributed by atoms with Gasteiger partial charge in [0.2, 0.25) is 0 Å². The number of aryl methyl sites for hydroxylation is 1. The van der Waals surface area contributed by atoms with Crippen LogP contribution in [-0.4, -0.2) is 19.9 Å². The topological polar surface area (TPSA) is 60.8 Å². The molecule has 3 aliphatic rings. The van der Waals surface area contributed by atoms with E-state index in [1.54, 1.807) is 0 Å². The summed E-state index contributed by atoms with van der Waals surface area (Å²) in [5.41, 5.74) is 13.6. The number of aromatic nitrogens is 4. The van der Waals surface area contributed by atoms with Crippen molar-refractivity contribution in [2.45, 2.75) is 44.4 Å². The maximum atomic E-state index is 7.26. The highest BCUT2D eigenvalue weighted by atomic mass is 16.5. The van der Waals surface area contributed by atoms with Gasteiger partial charge in [0, 0.05) is 45.6 Å². The Bertz CT molecular complexity index is 2940. The Morgan fingerprint density at radius 2 is 1.19 bits per heavy atom. The van der Waals surface area contributed by atoms with Gasteiger partial charge in [-0.05, 0) is 94.5 Å². The molecule has 5 nitrogen and oxygen atoms in total. The Balaban J connectivity index is 1.17. The SMILES string of the molecule is Cc1cnccc1-c1ccccc1-c1cccc2c1Oc1ccc(-c3nc(-c4ccccc4)nc(C4(C)CC=CCC4C)n3)cc1C21c2ccccc2-c2ccccc21. The van der Waals surface area contributed by atoms with Crippen LogP contribution in [0, 0.1) is 12.8 Å². The van der Waals surface area contributed by atoms with Crippen molar-refractivity contribution in [3.8, 4) is 67.7 Å². The molecule has 0 N–H and O–H groups in total. The van der Waals surface area contributed by atoms with Crippen LogP contribution >= 0.6 is 0 Å². The van der Waals surface area contributed by atoms with Crippen molar-refractivity contribution in [2.24, 2.45) is 5.92 Å². The van der Waals surface area contributed by atoms with Crippen LogP contribution in [0.5, 0.6) is 11.5 Å². The molecule has 284 valence electrons. The number of fused-ring (bicyclic) bond motifs is 9. The molecule has 5 heteroatoms. The van der Waals surface area contributed by atoms with Gasteiger partial charge in [0.05, 0.1) is 5.41 Å². The minimum Gasteiger partial charge on any atom is -0.456 e. The summed E-state index contributed by atoms with van der Waals surface area (Å²) in [6, 6.07) is 52.0. The lowest BCUT2D eigenvalue weighted by Gasteiger charge is -2.40. The highest BCUT2D eigenvalue weighted by Gasteiger charge is 2.51. The van der Waals surface area contributed by atoms with Crippen LogP contribution in [0.3, 0.4) is 0 Å². The minimum absolute atomic E-state index is 0.238. The number of hydrogen-bond donors (Lipinski definition) is 0. The van der Waals surface area contributed by atoms with Gasteiger partial charge >= 0.3 is 0 Å². The van der Waals surface area contributed by atoms with Crippen LogP contribution in [0.15, 0.2) is 170 Å². The lowest BCUT2D eigenvalue weighted by Crippen LogP contribution is -2.34. The Hall–Kier alpha value is -6.98. The van der Waals surface area contributed by atoms with E-state index in [1.807, 2.05) is 30.6 Å². The summed E-state index contributed by atoms with van der Waals surface area (Å²) in [4.78, 5) is 20.2. The van der Waals surface area contributed by atoms with E-state index in [4.69, 9.17) is 19.7 Å². The molecule has 0 fully saturated rings. The van der Waals surface area contributed by atoms with Gasteiger partial charge in [0.25, 0.3) is 0 Å². The normalized spacial score (nSPS) is 18.1. The summed E-state index contributed by atoms with van der Waals surface area (Å²) in [7, 11) is 0. The first-order valence-electron chi connectivity index (χ1n) is 20.6. The molecule has 0 saturated heterocycles. The first-order valence-corrected chi connectivity index (χ1v) is 20.6. The number of rotatable bonds is 5. The molecule has 11 rings (SSSR count). The third-order valence-corrected chi connectivity index (χ3v) is 13.2. The molecule has 3 heterocycles. The van der Waals surface area contributed by atoms with E-state index in [2.05, 4.69) is 165 Å². The first-order chi connectivity index (χ1) is 28.9. The summed E-state index contributed by atoms with van der Waals surface area (Å²) in [5.74, 6) is 4.23. The average molecular weight is 763 g/mol. The fourth-order valence-corrected chi connectivity index (χ4v) is 9.88. The molecule has 2 aromatic heterocycles. The number of nitrogens with zero attached hydrogens (tertiary/aromatic N) is 4. The Morgan fingerprint density at radius 3 is 1.90 bits per heavy atom. The number of benzene rings is 6. The van der Waals surface area contributed by atoms with Crippen molar-refractivity contribution >= 4 is 0 Å². The average Bonchev–Trinajstić information content (AvgIpc) is 3.58. The summed E-state index contributed by atoms with van der Waals surface area (Å²) in [6.45, 7) is 6.74. The summed E-state index contributed by atoms with van der Waals surface area (Å²) >= 11 is 0. The van der Waals surface area contributed by atoms with Crippen LogP contribution in [0.2, 0.25) is 0 Å². The Kier molecular flexibility index (Phi) is 8.09. The number of allylic oxidation sites excluding steroid dienone is 2. The first kappa shape index (κ1) is 35.2. The molecule has 0 radical (unpaired) electrons. The molecule has 2 aliphatic carbocycles. The third kappa shape index (κ3) is 5.31. The molecular weight excluding hydrogens is 721 g/mol. The minimum atomic E-state index is -0.684. The summed E-state index contributed by atoms with van der Waals surface area (Å²) in [5, 5.41) is 0. The zero-order valence-corrected chi connectivity index (χ0v) is 33.4. The molecule has 1 spiro atoms. The third-order valence-electron chi connectivity index (χ3n) is 13.2. The Labute approximate surface area is 345 Å². The van der Waals surface area contributed by atoms with Gasteiger partial charge in [-0.25, -0.2) is 15.0 Å². The molecule has 0 saturated carbocycles. The number of ether oxygens (including phenoxy) is 1. The van der Waals surface area contributed by atoms with Crippen LogP contribution in [-0.2, 0) is 10.8 Å². The van der Waals surface area contributed by atoms with Gasteiger partial charge in [-0.15, -0.1) is 0 Å². The molecule has 59 heavy (non-hydrogen) atoms. The van der Waals surface area contributed by atoms with Gasteiger partial charge in [0.15, 0.2) is 11.6 Å². The van der Waals surface area contributed by atoms with Gasteiger partial charge in [0.1, 0.15) is 17.3 Å². The number of pyridine rings is 1. The van der Waals surface area contributed by atoms with Gasteiger partial charge in [-0.2, -0.15) is 0 Å². The van der Waals surface area contributed by atoms with Gasteiger partial charge in [-0.3, -0.25) is 4.98 Å². The fraction of sp³-hybridized carbons (Fsp3) is 0.148. The summed E-state index contributed by atoms with van der Waals surface area (Å²) < 4.78 is 7.26. The van der Waals surface area contributed by atoms with Crippen LogP contribution in [0.4, 0.5) is 0 Å². The predicted molar refractivity (Wildman–Crippen MR) is 236 cm³/mol. The number of para-hydroxylation sites is 1. The maximum Gasteiger partial charge on any atom is 0.163 e. The highest BCUT2D eigenvalue weighted by molar-refractivity contribution is 5.93. The maximum absolute atomic E-state index is 7.26. The van der Waals surface area contributed by atoms with Crippen molar-refractivity contribution in [3.05, 3.63) is 204 Å². The van der Waals surface area contributed by atoms with Crippen LogP contribution < -0.4 is 4.74 Å². The Morgan fingerprint density at radius 1 is 0.559 bits per heavy atom. The van der Waals surface area contributed by atoms with Crippen molar-refractivity contribution in [3.63, 3.8) is 0 Å². The van der Waals surface area contributed by atoms with E-state index in [-0.39, 0.29) is 5.41 Å². The van der Waals surface area contributed by atoms with E-state index >= 15 is 0 Å². The van der Waals surface area contributed by atoms with Crippen molar-refractivity contribution in [2.75, 3.05) is 0 Å². The van der Waals surface area contributed by atoms with Gasteiger partial charge < -0.3 is 4.74 Å². The smallest absolute Gasteiger partial charge is 0.163 e. The van der Waals surface area contributed by atoms with Crippen molar-refractivity contribution in [1.82, 2.24) is 19.9 Å². The summed E-state index contributed by atoms with van der Waals surface area (Å²) in [6.07, 6.45) is 10.2. The van der Waals surface area contributed by atoms with E-state index in [9.17, 15) is 0 Å². The van der Waals surface area contributed by atoms with E-state index in [0.717, 1.165) is 80.2 Å². The van der Waals surface area contributed by atoms with Crippen LogP contribution in [0.25, 0.3) is 56.2 Å². The zero-order chi connectivity index (χ0) is 39.7. The molecule has 6 aromatic carbocycles. The largest absolute Gasteiger partial charge is 0.456 e. The van der Waals surface area contributed by atoms with Crippen molar-refractivity contribution in [1.29, 1.82) is 0 Å².